The van der Waals surface area contributed by atoms with Crippen LogP contribution in [0.15, 0.2) is 18.2 Å². The topological polar surface area (TPSA) is 15.3 Å². The maximum atomic E-state index is 6.04. The lowest BCUT2D eigenvalue weighted by Crippen LogP contribution is -2.45. The van der Waals surface area contributed by atoms with Gasteiger partial charge in [-0.05, 0) is 56.5 Å². The second-order valence-corrected chi connectivity index (χ2v) is 6.50. The van der Waals surface area contributed by atoms with E-state index in [0.29, 0.717) is 16.1 Å². The van der Waals surface area contributed by atoms with Gasteiger partial charge in [0, 0.05) is 18.6 Å². The van der Waals surface area contributed by atoms with Crippen LogP contribution in [0.25, 0.3) is 0 Å². The summed E-state index contributed by atoms with van der Waals surface area (Å²) in [5.74, 6) is 0. The minimum atomic E-state index is 0.629. The highest BCUT2D eigenvalue weighted by molar-refractivity contribution is 6.42. The Balaban J connectivity index is 1.53. The van der Waals surface area contributed by atoms with Gasteiger partial charge >= 0.3 is 0 Å². The number of hydrogen-bond acceptors (Lipinski definition) is 2. The average Bonchev–Trinajstić information content (AvgIpc) is 2.87. The number of piperidine rings is 1. The molecular weight excluding hydrogens is 279 g/mol. The van der Waals surface area contributed by atoms with Gasteiger partial charge in [-0.3, -0.25) is 0 Å². The molecule has 2 unspecified atom stereocenters. The molecule has 19 heavy (non-hydrogen) atoms. The lowest BCUT2D eigenvalue weighted by molar-refractivity contribution is 0.166. The van der Waals surface area contributed by atoms with Gasteiger partial charge in [-0.25, -0.2) is 0 Å². The van der Waals surface area contributed by atoms with Crippen LogP contribution in [-0.4, -0.2) is 30.1 Å². The predicted octanol–water partition coefficient (Wildman–Crippen LogP) is 3.71. The van der Waals surface area contributed by atoms with Gasteiger partial charge in [-0.2, -0.15) is 0 Å². The molecule has 0 aliphatic carbocycles. The molecule has 2 aliphatic rings. The van der Waals surface area contributed by atoms with Gasteiger partial charge in [0.15, 0.2) is 0 Å². The van der Waals surface area contributed by atoms with Crippen molar-refractivity contribution in [1.29, 1.82) is 0 Å². The lowest BCUT2D eigenvalue weighted by atomic mass is 9.97. The Kier molecular flexibility index (Phi) is 4.33. The second kappa shape index (κ2) is 6.01. The Bertz CT molecular complexity index is 450. The minimum absolute atomic E-state index is 0.629. The van der Waals surface area contributed by atoms with Crippen LogP contribution in [0.1, 0.15) is 31.2 Å². The zero-order valence-electron chi connectivity index (χ0n) is 11.0. The number of benzene rings is 1. The Morgan fingerprint density at radius 3 is 2.89 bits per heavy atom. The maximum absolute atomic E-state index is 6.04. The third kappa shape index (κ3) is 3.25. The molecule has 2 nitrogen and oxygen atoms in total. The van der Waals surface area contributed by atoms with Gasteiger partial charge < -0.3 is 10.2 Å². The molecule has 0 spiro atoms. The fraction of sp³-hybridized carbons (Fsp3) is 0.600. The van der Waals surface area contributed by atoms with E-state index in [9.17, 15) is 0 Å². The summed E-state index contributed by atoms with van der Waals surface area (Å²) in [4.78, 5) is 2.65. The van der Waals surface area contributed by atoms with E-state index >= 15 is 0 Å². The van der Waals surface area contributed by atoms with Crippen LogP contribution in [0.3, 0.4) is 0 Å². The number of nitrogens with zero attached hydrogens (tertiary/aromatic N) is 1. The van der Waals surface area contributed by atoms with Crippen molar-refractivity contribution in [2.24, 2.45) is 0 Å². The second-order valence-electron chi connectivity index (χ2n) is 5.68. The maximum Gasteiger partial charge on any atom is 0.0595 e. The molecule has 2 heterocycles. The van der Waals surface area contributed by atoms with Gasteiger partial charge in [-0.1, -0.05) is 29.3 Å². The number of fused-ring (bicyclic) bond motifs is 1. The highest BCUT2D eigenvalue weighted by Gasteiger charge is 2.31. The summed E-state index contributed by atoms with van der Waals surface area (Å²) < 4.78 is 0. The van der Waals surface area contributed by atoms with Gasteiger partial charge in [0.2, 0.25) is 0 Å². The molecule has 0 bridgehead atoms. The van der Waals surface area contributed by atoms with E-state index in [1.807, 2.05) is 18.2 Å². The van der Waals surface area contributed by atoms with Crippen LogP contribution in [-0.2, 0) is 6.54 Å². The van der Waals surface area contributed by atoms with Crippen LogP contribution in [0, 0.1) is 0 Å². The molecule has 0 radical (unpaired) electrons. The number of rotatable bonds is 3. The van der Waals surface area contributed by atoms with E-state index < -0.39 is 0 Å². The third-order valence-electron chi connectivity index (χ3n) is 4.40. The molecule has 0 saturated carbocycles. The summed E-state index contributed by atoms with van der Waals surface area (Å²) in [6, 6.07) is 7.35. The van der Waals surface area contributed by atoms with E-state index in [-0.39, 0.29) is 0 Å². The first-order chi connectivity index (χ1) is 9.22. The van der Waals surface area contributed by atoms with Crippen LogP contribution in [0.2, 0.25) is 10.0 Å². The Hall–Kier alpha value is -0.280. The zero-order chi connectivity index (χ0) is 13.2. The molecule has 1 aromatic rings. The molecule has 2 aliphatic heterocycles. The van der Waals surface area contributed by atoms with E-state index in [0.717, 1.165) is 12.6 Å². The van der Waals surface area contributed by atoms with Gasteiger partial charge in [-0.15, -0.1) is 0 Å². The summed E-state index contributed by atoms with van der Waals surface area (Å²) >= 11 is 12.0. The molecule has 0 amide bonds. The smallest absolute Gasteiger partial charge is 0.0595 e. The fourth-order valence-corrected chi connectivity index (χ4v) is 3.64. The first kappa shape index (κ1) is 13.7. The number of halogens is 2. The molecule has 2 atom stereocenters. The summed E-state index contributed by atoms with van der Waals surface area (Å²) in [6.07, 6.45) is 5.31. The Morgan fingerprint density at radius 1 is 1.16 bits per heavy atom. The normalized spacial score (nSPS) is 27.5. The zero-order valence-corrected chi connectivity index (χ0v) is 12.6. The first-order valence-corrected chi connectivity index (χ1v) is 7.89. The van der Waals surface area contributed by atoms with Crippen molar-refractivity contribution in [2.45, 2.75) is 44.3 Å². The summed E-state index contributed by atoms with van der Waals surface area (Å²) in [5, 5.41) is 4.94. The third-order valence-corrected chi connectivity index (χ3v) is 5.14. The summed E-state index contributed by atoms with van der Waals surface area (Å²) in [5.41, 5.74) is 1.21. The molecule has 0 aromatic heterocycles. The Labute approximate surface area is 125 Å². The SMILES string of the molecule is Clc1ccc(CNC2CCN3CCCC3C2)cc1Cl. The van der Waals surface area contributed by atoms with E-state index in [2.05, 4.69) is 10.2 Å². The summed E-state index contributed by atoms with van der Waals surface area (Å²) in [6.45, 7) is 3.45. The molecule has 2 fully saturated rings. The molecule has 1 aromatic carbocycles. The van der Waals surface area contributed by atoms with Crippen molar-refractivity contribution in [3.05, 3.63) is 33.8 Å². The van der Waals surface area contributed by atoms with Gasteiger partial charge in [0.05, 0.1) is 10.0 Å². The van der Waals surface area contributed by atoms with Gasteiger partial charge in [0.1, 0.15) is 0 Å². The molecule has 3 rings (SSSR count). The quantitative estimate of drug-likeness (QED) is 0.915. The average molecular weight is 299 g/mol. The minimum Gasteiger partial charge on any atom is -0.310 e. The highest BCUT2D eigenvalue weighted by atomic mass is 35.5. The lowest BCUT2D eigenvalue weighted by Gasteiger charge is -2.35. The molecule has 4 heteroatoms. The fourth-order valence-electron chi connectivity index (χ4n) is 3.32. The van der Waals surface area contributed by atoms with E-state index in [1.54, 1.807) is 0 Å². The van der Waals surface area contributed by atoms with Crippen LogP contribution in [0.4, 0.5) is 0 Å². The highest BCUT2D eigenvalue weighted by Crippen LogP contribution is 2.27. The van der Waals surface area contributed by atoms with Crippen LogP contribution in [0.5, 0.6) is 0 Å². The van der Waals surface area contributed by atoms with Crippen molar-refractivity contribution in [3.8, 4) is 0 Å². The molecule has 104 valence electrons. The molecule has 1 N–H and O–H groups in total. The Morgan fingerprint density at radius 2 is 2.05 bits per heavy atom. The van der Waals surface area contributed by atoms with E-state index in [1.165, 1.54) is 44.3 Å². The van der Waals surface area contributed by atoms with Crippen molar-refractivity contribution < 1.29 is 0 Å². The van der Waals surface area contributed by atoms with Crippen molar-refractivity contribution in [2.75, 3.05) is 13.1 Å². The van der Waals surface area contributed by atoms with Crippen LogP contribution < -0.4 is 5.32 Å². The van der Waals surface area contributed by atoms with E-state index in [4.69, 9.17) is 23.2 Å². The summed E-state index contributed by atoms with van der Waals surface area (Å²) in [7, 11) is 0. The van der Waals surface area contributed by atoms with Crippen molar-refractivity contribution >= 4 is 23.2 Å². The monoisotopic (exact) mass is 298 g/mol. The van der Waals surface area contributed by atoms with Crippen molar-refractivity contribution in [3.63, 3.8) is 0 Å². The molecular formula is C15H20Cl2N2. The largest absolute Gasteiger partial charge is 0.310 e. The van der Waals surface area contributed by atoms with Crippen molar-refractivity contribution in [1.82, 2.24) is 10.2 Å². The number of hydrogen-bond donors (Lipinski definition) is 1. The number of nitrogens with one attached hydrogen (secondary N) is 1. The first-order valence-electron chi connectivity index (χ1n) is 7.14. The van der Waals surface area contributed by atoms with Gasteiger partial charge in [0.25, 0.3) is 0 Å². The molecule has 2 saturated heterocycles. The predicted molar refractivity (Wildman–Crippen MR) is 80.9 cm³/mol. The van der Waals surface area contributed by atoms with Crippen LogP contribution >= 0.6 is 23.2 Å². The standard InChI is InChI=1S/C15H20Cl2N2/c16-14-4-3-11(8-15(14)17)10-18-12-5-7-19-6-1-2-13(19)9-12/h3-4,8,12-13,18H,1-2,5-7,9-10H2.